The van der Waals surface area contributed by atoms with Crippen LogP contribution in [-0.2, 0) is 6.42 Å². The molecule has 3 unspecified atom stereocenters. The number of piperazine rings is 1. The van der Waals surface area contributed by atoms with Crippen molar-refractivity contribution < 1.29 is 0 Å². The molecule has 26 heavy (non-hydrogen) atoms. The maximum atomic E-state index is 5.19. The van der Waals surface area contributed by atoms with E-state index in [9.17, 15) is 0 Å². The normalized spacial score (nSPS) is 29.7. The molecule has 1 fully saturated rings. The molecular weight excluding hydrogens is 320 g/mol. The Balaban J connectivity index is 1.83. The maximum Gasteiger partial charge on any atom is 0.150 e. The Bertz CT molecular complexity index is 740. The monoisotopic (exact) mass is 350 g/mol. The van der Waals surface area contributed by atoms with Crippen LogP contribution in [0.3, 0.4) is 0 Å². The predicted molar refractivity (Wildman–Crippen MR) is 110 cm³/mol. The first-order chi connectivity index (χ1) is 12.6. The van der Waals surface area contributed by atoms with Crippen LogP contribution >= 0.6 is 0 Å². The summed E-state index contributed by atoms with van der Waals surface area (Å²) in [5.74, 6) is 1.99. The van der Waals surface area contributed by atoms with Crippen LogP contribution in [0.4, 0.5) is 5.69 Å². The fourth-order valence-corrected chi connectivity index (χ4v) is 4.20. The molecule has 0 aromatic heterocycles. The van der Waals surface area contributed by atoms with Gasteiger partial charge in [0.25, 0.3) is 0 Å². The highest BCUT2D eigenvalue weighted by molar-refractivity contribution is 6.42. The summed E-state index contributed by atoms with van der Waals surface area (Å²) in [6.45, 7) is 8.78. The van der Waals surface area contributed by atoms with Crippen LogP contribution in [0.15, 0.2) is 46.4 Å². The summed E-state index contributed by atoms with van der Waals surface area (Å²) in [5, 5.41) is 0. The van der Waals surface area contributed by atoms with Crippen molar-refractivity contribution in [1.82, 2.24) is 9.80 Å². The molecule has 0 saturated carbocycles. The average molecular weight is 351 g/mol. The van der Waals surface area contributed by atoms with Gasteiger partial charge in [0, 0.05) is 32.1 Å². The minimum Gasteiger partial charge on any atom is -0.353 e. The van der Waals surface area contributed by atoms with E-state index in [1.807, 2.05) is 0 Å². The van der Waals surface area contributed by atoms with Crippen molar-refractivity contribution in [3.05, 3.63) is 42.0 Å². The molecular formula is C22H30N4. The molecule has 4 rings (SSSR count). The van der Waals surface area contributed by atoms with Crippen LogP contribution in [0.2, 0.25) is 0 Å². The number of benzene rings is 1. The molecule has 0 spiro atoms. The number of nitrogens with zero attached hydrogens (tertiary/aromatic N) is 4. The fraction of sp³-hybridized carbons (Fsp3) is 0.545. The minimum atomic E-state index is 0.317. The van der Waals surface area contributed by atoms with E-state index in [1.165, 1.54) is 11.3 Å². The molecule has 4 nitrogen and oxygen atoms in total. The Morgan fingerprint density at radius 1 is 1.04 bits per heavy atom. The van der Waals surface area contributed by atoms with Gasteiger partial charge in [-0.2, -0.15) is 0 Å². The number of amidine groups is 1. The van der Waals surface area contributed by atoms with Crippen molar-refractivity contribution in [2.45, 2.75) is 32.7 Å². The zero-order valence-electron chi connectivity index (χ0n) is 16.2. The molecule has 2 bridgehead atoms. The highest BCUT2D eigenvalue weighted by Crippen LogP contribution is 2.32. The van der Waals surface area contributed by atoms with Gasteiger partial charge in [-0.3, -0.25) is 4.99 Å². The fourth-order valence-electron chi connectivity index (χ4n) is 4.20. The van der Waals surface area contributed by atoms with E-state index in [4.69, 9.17) is 9.98 Å². The zero-order chi connectivity index (χ0) is 18.1. The lowest BCUT2D eigenvalue weighted by atomic mass is 9.81. The number of rotatable bonds is 0. The van der Waals surface area contributed by atoms with E-state index in [2.05, 4.69) is 67.1 Å². The van der Waals surface area contributed by atoms with Crippen molar-refractivity contribution in [3.8, 4) is 0 Å². The van der Waals surface area contributed by atoms with E-state index in [1.54, 1.807) is 0 Å². The van der Waals surface area contributed by atoms with Gasteiger partial charge in [0.05, 0.1) is 17.4 Å². The Hall–Kier alpha value is -1.94. The van der Waals surface area contributed by atoms with Crippen LogP contribution in [0, 0.1) is 11.8 Å². The van der Waals surface area contributed by atoms with Crippen LogP contribution in [0.25, 0.3) is 0 Å². The highest BCUT2D eigenvalue weighted by atomic mass is 15.3. The number of hydrogen-bond acceptors (Lipinski definition) is 4. The first-order valence-electron chi connectivity index (χ1n) is 9.96. The van der Waals surface area contributed by atoms with Crippen molar-refractivity contribution in [3.63, 3.8) is 0 Å². The maximum absolute atomic E-state index is 5.19. The Labute approximate surface area is 157 Å². The zero-order valence-corrected chi connectivity index (χ0v) is 16.2. The first-order valence-corrected chi connectivity index (χ1v) is 9.96. The van der Waals surface area contributed by atoms with E-state index in [0.717, 1.165) is 50.5 Å². The van der Waals surface area contributed by atoms with Crippen molar-refractivity contribution >= 4 is 17.2 Å². The molecule has 0 amide bonds. The van der Waals surface area contributed by atoms with Gasteiger partial charge in [0.2, 0.25) is 0 Å². The van der Waals surface area contributed by atoms with Gasteiger partial charge >= 0.3 is 0 Å². The molecule has 138 valence electrons. The van der Waals surface area contributed by atoms with Gasteiger partial charge in [-0.25, -0.2) is 4.99 Å². The molecule has 0 aliphatic carbocycles. The summed E-state index contributed by atoms with van der Waals surface area (Å²) in [6.07, 6.45) is 6.83. The summed E-state index contributed by atoms with van der Waals surface area (Å²) >= 11 is 0. The molecule has 1 saturated heterocycles. The third-order valence-corrected chi connectivity index (χ3v) is 6.00. The molecule has 1 aromatic carbocycles. The van der Waals surface area contributed by atoms with Crippen LogP contribution < -0.4 is 0 Å². The van der Waals surface area contributed by atoms with Crippen molar-refractivity contribution in [2.24, 2.45) is 21.8 Å². The number of fused-ring (bicyclic) bond motifs is 3. The molecule has 3 heterocycles. The van der Waals surface area contributed by atoms with Crippen molar-refractivity contribution in [2.75, 3.05) is 33.2 Å². The van der Waals surface area contributed by atoms with Gasteiger partial charge in [0.1, 0.15) is 0 Å². The molecule has 3 aliphatic heterocycles. The largest absolute Gasteiger partial charge is 0.353 e. The average Bonchev–Trinajstić information content (AvgIpc) is 2.63. The Morgan fingerprint density at radius 3 is 2.62 bits per heavy atom. The summed E-state index contributed by atoms with van der Waals surface area (Å²) in [4.78, 5) is 15.2. The van der Waals surface area contributed by atoms with Gasteiger partial charge in [-0.15, -0.1) is 0 Å². The molecule has 3 atom stereocenters. The first kappa shape index (κ1) is 17.5. The smallest absolute Gasteiger partial charge is 0.150 e. The molecule has 0 N–H and O–H groups in total. The number of allylic oxidation sites excluding steroid dienone is 1. The standard InChI is InChI=1S/C22H30N4/c1-16-7-6-9-18-15-19-8-4-5-10-20(19)24-22(21(23-16)17(18)2)26-13-11-25(3)12-14-26/h4-6,8-10,16-18H,7,11-15H2,1-3H3. The van der Waals surface area contributed by atoms with Crippen LogP contribution in [0.5, 0.6) is 0 Å². The predicted octanol–water partition coefficient (Wildman–Crippen LogP) is 3.56. The number of aliphatic imine (C=N–C) groups is 2. The quantitative estimate of drug-likeness (QED) is 0.670. The van der Waals surface area contributed by atoms with Gasteiger partial charge in [-0.05, 0) is 44.4 Å². The number of hydrogen-bond donors (Lipinski definition) is 0. The molecule has 1 aromatic rings. The number of para-hydroxylation sites is 1. The number of likely N-dealkylation sites (N-methyl/N-ethyl adjacent to an activating group) is 1. The lowest BCUT2D eigenvalue weighted by molar-refractivity contribution is 0.216. The third kappa shape index (κ3) is 3.48. The lowest BCUT2D eigenvalue weighted by Gasteiger charge is -2.38. The third-order valence-electron chi connectivity index (χ3n) is 6.00. The second-order valence-corrected chi connectivity index (χ2v) is 8.04. The van der Waals surface area contributed by atoms with Gasteiger partial charge in [-0.1, -0.05) is 37.3 Å². The summed E-state index contributed by atoms with van der Waals surface area (Å²) < 4.78 is 0. The lowest BCUT2D eigenvalue weighted by Crippen LogP contribution is -2.51. The topological polar surface area (TPSA) is 31.2 Å². The molecule has 4 heteroatoms. The van der Waals surface area contributed by atoms with Gasteiger partial charge < -0.3 is 9.80 Å². The molecule has 3 aliphatic rings. The SMILES string of the molecule is CC1CC=CC2Cc3ccccc3N=C(N3CCN(C)CC3)C(=N1)C2C. The van der Waals surface area contributed by atoms with Crippen molar-refractivity contribution in [1.29, 1.82) is 0 Å². The van der Waals surface area contributed by atoms with Crippen LogP contribution in [0.1, 0.15) is 25.8 Å². The van der Waals surface area contributed by atoms with E-state index in [-0.39, 0.29) is 0 Å². The second kappa shape index (κ2) is 7.36. The summed E-state index contributed by atoms with van der Waals surface area (Å²) in [7, 11) is 2.20. The summed E-state index contributed by atoms with van der Waals surface area (Å²) in [6, 6.07) is 8.96. The Morgan fingerprint density at radius 2 is 1.81 bits per heavy atom. The van der Waals surface area contributed by atoms with Gasteiger partial charge in [0.15, 0.2) is 5.84 Å². The van der Waals surface area contributed by atoms with E-state index in [0.29, 0.717) is 17.9 Å². The highest BCUT2D eigenvalue weighted by Gasteiger charge is 2.32. The van der Waals surface area contributed by atoms with E-state index < -0.39 is 0 Å². The summed E-state index contributed by atoms with van der Waals surface area (Å²) in [5.41, 5.74) is 3.69. The van der Waals surface area contributed by atoms with E-state index >= 15 is 0 Å². The second-order valence-electron chi connectivity index (χ2n) is 8.04. The molecule has 0 radical (unpaired) electrons. The van der Waals surface area contributed by atoms with Crippen LogP contribution in [-0.4, -0.2) is 60.6 Å². The minimum absolute atomic E-state index is 0.317. The Kier molecular flexibility index (Phi) is 4.94.